The summed E-state index contributed by atoms with van der Waals surface area (Å²) in [5, 5.41) is 3.12. The highest BCUT2D eigenvalue weighted by Gasteiger charge is 2.31. The van der Waals surface area contributed by atoms with Crippen LogP contribution < -0.4 is 5.32 Å². The van der Waals surface area contributed by atoms with Crippen LogP contribution in [0.25, 0.3) is 0 Å². The first kappa shape index (κ1) is 16.0. The molecule has 2 heterocycles. The number of sulfonamides is 1. The number of halogens is 2. The third kappa shape index (κ3) is 3.27. The Kier molecular flexibility index (Phi) is 5.67. The number of nitrogens with zero attached hydrogens (tertiary/aromatic N) is 1. The molecule has 1 aliphatic heterocycles. The first-order chi connectivity index (χ1) is 8.04. The Morgan fingerprint density at radius 1 is 1.50 bits per heavy atom. The van der Waals surface area contributed by atoms with Gasteiger partial charge in [0.25, 0.3) is 10.0 Å². The van der Waals surface area contributed by atoms with Crippen molar-refractivity contribution in [2.75, 3.05) is 20.1 Å². The fourth-order valence-corrected chi connectivity index (χ4v) is 3.81. The first-order valence-electron chi connectivity index (χ1n) is 5.47. The van der Waals surface area contributed by atoms with Crippen molar-refractivity contribution >= 4 is 38.4 Å². The predicted molar refractivity (Wildman–Crippen MR) is 74.5 cm³/mol. The molecule has 1 atom stereocenters. The fraction of sp³-hybridized carbons (Fsp3) is 0.600. The number of furan rings is 1. The highest BCUT2D eigenvalue weighted by molar-refractivity contribution is 9.10. The molecule has 1 aromatic heterocycles. The van der Waals surface area contributed by atoms with E-state index in [0.717, 1.165) is 12.8 Å². The van der Waals surface area contributed by atoms with Crippen LogP contribution in [0.4, 0.5) is 0 Å². The summed E-state index contributed by atoms with van der Waals surface area (Å²) in [6.45, 7) is 1.05. The number of hydrogen-bond acceptors (Lipinski definition) is 4. The van der Waals surface area contributed by atoms with Crippen LogP contribution in [-0.4, -0.2) is 38.9 Å². The Hall–Kier alpha value is -0.0800. The van der Waals surface area contributed by atoms with Crippen LogP contribution in [0.1, 0.15) is 12.8 Å². The van der Waals surface area contributed by atoms with Crippen LogP contribution >= 0.6 is 28.3 Å². The van der Waals surface area contributed by atoms with Gasteiger partial charge < -0.3 is 9.73 Å². The molecule has 2 rings (SSSR count). The largest absolute Gasteiger partial charge is 0.437 e. The van der Waals surface area contributed by atoms with Crippen molar-refractivity contribution in [2.24, 2.45) is 0 Å². The zero-order chi connectivity index (χ0) is 12.5. The Morgan fingerprint density at radius 2 is 2.22 bits per heavy atom. The van der Waals surface area contributed by atoms with Gasteiger partial charge in [-0.25, -0.2) is 8.42 Å². The summed E-state index contributed by atoms with van der Waals surface area (Å²) in [6.07, 6.45) is 1.87. The third-order valence-electron chi connectivity index (χ3n) is 2.94. The lowest BCUT2D eigenvalue weighted by Gasteiger charge is -2.30. The van der Waals surface area contributed by atoms with E-state index in [2.05, 4.69) is 21.2 Å². The van der Waals surface area contributed by atoms with Crippen molar-refractivity contribution in [1.29, 1.82) is 0 Å². The quantitative estimate of drug-likeness (QED) is 0.894. The average Bonchev–Trinajstić information content (AvgIpc) is 2.76. The van der Waals surface area contributed by atoms with E-state index in [4.69, 9.17) is 4.42 Å². The molecule has 1 fully saturated rings. The fourth-order valence-electron chi connectivity index (χ4n) is 1.96. The summed E-state index contributed by atoms with van der Waals surface area (Å²) in [7, 11) is -1.64. The highest BCUT2D eigenvalue weighted by Crippen LogP contribution is 2.24. The van der Waals surface area contributed by atoms with Crippen LogP contribution in [0, 0.1) is 0 Å². The summed E-state index contributed by atoms with van der Waals surface area (Å²) in [4.78, 5) is 0. The van der Waals surface area contributed by atoms with Crippen molar-refractivity contribution in [3.05, 3.63) is 16.8 Å². The smallest absolute Gasteiger partial charge is 0.276 e. The van der Waals surface area contributed by atoms with Crippen molar-refractivity contribution < 1.29 is 12.8 Å². The van der Waals surface area contributed by atoms with E-state index in [1.807, 2.05) is 7.05 Å². The molecular formula is C10H16BrClN2O3S. The SMILES string of the molecule is CNC1CCCN(S(=O)(=O)c2ccc(Br)o2)C1.Cl. The van der Waals surface area contributed by atoms with E-state index in [-0.39, 0.29) is 23.5 Å². The first-order valence-corrected chi connectivity index (χ1v) is 7.70. The summed E-state index contributed by atoms with van der Waals surface area (Å²) in [5.74, 6) is 0. The number of rotatable bonds is 3. The van der Waals surface area contributed by atoms with Gasteiger partial charge in [0, 0.05) is 19.1 Å². The third-order valence-corrected chi connectivity index (χ3v) is 5.10. The van der Waals surface area contributed by atoms with Crippen LogP contribution in [0.2, 0.25) is 0 Å². The second-order valence-electron chi connectivity index (χ2n) is 4.05. The number of likely N-dealkylation sites (N-methyl/N-ethyl adjacent to an activating group) is 1. The number of nitrogens with one attached hydrogen (secondary N) is 1. The van der Waals surface area contributed by atoms with Gasteiger partial charge in [-0.3, -0.25) is 0 Å². The minimum Gasteiger partial charge on any atom is -0.437 e. The Balaban J connectivity index is 0.00000162. The summed E-state index contributed by atoms with van der Waals surface area (Å²) in [6, 6.07) is 3.28. The minimum absolute atomic E-state index is 0. The van der Waals surface area contributed by atoms with Gasteiger partial charge in [-0.2, -0.15) is 4.31 Å². The molecule has 1 unspecified atom stereocenters. The average molecular weight is 360 g/mol. The maximum Gasteiger partial charge on any atom is 0.276 e. The topological polar surface area (TPSA) is 62.6 Å². The molecule has 0 amide bonds. The molecule has 104 valence electrons. The molecule has 1 N–H and O–H groups in total. The lowest BCUT2D eigenvalue weighted by Crippen LogP contribution is -2.46. The Bertz CT molecular complexity index is 491. The molecule has 1 aromatic rings. The van der Waals surface area contributed by atoms with Crippen molar-refractivity contribution in [3.8, 4) is 0 Å². The van der Waals surface area contributed by atoms with E-state index >= 15 is 0 Å². The van der Waals surface area contributed by atoms with E-state index in [1.54, 1.807) is 6.07 Å². The predicted octanol–water partition coefficient (Wildman–Crippen LogP) is 1.84. The van der Waals surface area contributed by atoms with Crippen molar-refractivity contribution in [2.45, 2.75) is 24.0 Å². The monoisotopic (exact) mass is 358 g/mol. The van der Waals surface area contributed by atoms with E-state index in [1.165, 1.54) is 10.4 Å². The van der Waals surface area contributed by atoms with Crippen LogP contribution in [-0.2, 0) is 10.0 Å². The van der Waals surface area contributed by atoms with Gasteiger partial charge in [0.05, 0.1) is 0 Å². The van der Waals surface area contributed by atoms with Gasteiger partial charge in [0.1, 0.15) is 0 Å². The maximum absolute atomic E-state index is 12.2. The van der Waals surface area contributed by atoms with Crippen molar-refractivity contribution in [3.63, 3.8) is 0 Å². The molecule has 0 radical (unpaired) electrons. The molecule has 5 nitrogen and oxygen atoms in total. The van der Waals surface area contributed by atoms with Gasteiger partial charge >= 0.3 is 0 Å². The highest BCUT2D eigenvalue weighted by atomic mass is 79.9. The van der Waals surface area contributed by atoms with Gasteiger partial charge in [-0.1, -0.05) is 0 Å². The Morgan fingerprint density at radius 3 is 2.78 bits per heavy atom. The molecule has 8 heteroatoms. The molecule has 1 saturated heterocycles. The second-order valence-corrected chi connectivity index (χ2v) is 6.70. The normalized spacial score (nSPS) is 21.6. The van der Waals surface area contributed by atoms with E-state index in [0.29, 0.717) is 17.8 Å². The standard InChI is InChI=1S/C10H15BrN2O3S.ClH/c1-12-8-3-2-6-13(7-8)17(14,15)10-5-4-9(11)16-10;/h4-5,8,12H,2-3,6-7H2,1H3;1H. The van der Waals surface area contributed by atoms with Gasteiger partial charge in [-0.05, 0) is 48.0 Å². The summed E-state index contributed by atoms with van der Waals surface area (Å²) < 4.78 is 31.5. The molecule has 18 heavy (non-hydrogen) atoms. The molecule has 0 bridgehead atoms. The van der Waals surface area contributed by atoms with Gasteiger partial charge in [0.2, 0.25) is 5.09 Å². The van der Waals surface area contributed by atoms with Crippen LogP contribution in [0.15, 0.2) is 26.3 Å². The molecule has 1 aliphatic rings. The number of piperidine rings is 1. The summed E-state index contributed by atoms with van der Waals surface area (Å²) in [5.41, 5.74) is 0. The lowest BCUT2D eigenvalue weighted by atomic mass is 10.1. The molecule has 0 aliphatic carbocycles. The molecular weight excluding hydrogens is 344 g/mol. The number of hydrogen-bond donors (Lipinski definition) is 1. The van der Waals surface area contributed by atoms with Crippen LogP contribution in [0.5, 0.6) is 0 Å². The van der Waals surface area contributed by atoms with E-state index in [9.17, 15) is 8.42 Å². The van der Waals surface area contributed by atoms with Gasteiger partial charge in [-0.15, -0.1) is 12.4 Å². The van der Waals surface area contributed by atoms with Crippen LogP contribution in [0.3, 0.4) is 0 Å². The zero-order valence-electron chi connectivity index (χ0n) is 9.93. The van der Waals surface area contributed by atoms with E-state index < -0.39 is 10.0 Å². The Labute approximate surface area is 122 Å². The maximum atomic E-state index is 12.2. The molecule has 0 aromatic carbocycles. The summed E-state index contributed by atoms with van der Waals surface area (Å²) >= 11 is 3.11. The zero-order valence-corrected chi connectivity index (χ0v) is 13.1. The minimum atomic E-state index is -3.49. The molecule has 0 saturated carbocycles. The second kappa shape index (κ2) is 6.38. The lowest BCUT2D eigenvalue weighted by molar-refractivity contribution is 0.285. The molecule has 0 spiro atoms. The van der Waals surface area contributed by atoms with Gasteiger partial charge in [0.15, 0.2) is 4.67 Å². The van der Waals surface area contributed by atoms with Crippen molar-refractivity contribution in [1.82, 2.24) is 9.62 Å².